The van der Waals surface area contributed by atoms with Crippen molar-refractivity contribution in [3.8, 4) is 0 Å². The number of aliphatic carboxylic acids is 1. The number of nitrogens with one attached hydrogen (secondary N) is 1. The predicted molar refractivity (Wildman–Crippen MR) is 97.9 cm³/mol. The van der Waals surface area contributed by atoms with Crippen molar-refractivity contribution in [2.75, 3.05) is 20.1 Å². The van der Waals surface area contributed by atoms with Gasteiger partial charge in [-0.1, -0.05) is 30.7 Å². The van der Waals surface area contributed by atoms with E-state index in [4.69, 9.17) is 16.7 Å². The van der Waals surface area contributed by atoms with E-state index < -0.39 is 5.97 Å². The summed E-state index contributed by atoms with van der Waals surface area (Å²) < 4.78 is 0. The second-order valence-electron chi connectivity index (χ2n) is 6.57. The van der Waals surface area contributed by atoms with Crippen molar-refractivity contribution in [2.45, 2.75) is 44.8 Å². The first-order valence-corrected chi connectivity index (χ1v) is 8.94. The van der Waals surface area contributed by atoms with Gasteiger partial charge in [0.2, 0.25) is 0 Å². The summed E-state index contributed by atoms with van der Waals surface area (Å²) in [6.07, 6.45) is 1.57. The number of carboxylic acid groups (broad SMARTS) is 1. The Hall–Kier alpha value is -1.79. The van der Waals surface area contributed by atoms with Gasteiger partial charge in [-0.25, -0.2) is 4.79 Å². The Labute approximate surface area is 153 Å². The van der Waals surface area contributed by atoms with Crippen LogP contribution in [0.5, 0.6) is 0 Å². The van der Waals surface area contributed by atoms with E-state index in [1.807, 2.05) is 43.0 Å². The number of halogens is 1. The molecule has 1 aliphatic rings. The van der Waals surface area contributed by atoms with Gasteiger partial charge in [0.15, 0.2) is 0 Å². The van der Waals surface area contributed by atoms with Crippen LogP contribution < -0.4 is 5.32 Å². The molecular formula is C18H26ClN3O3. The van der Waals surface area contributed by atoms with Crippen molar-refractivity contribution in [2.24, 2.45) is 0 Å². The van der Waals surface area contributed by atoms with E-state index in [-0.39, 0.29) is 30.7 Å². The van der Waals surface area contributed by atoms with Crippen LogP contribution in [0.4, 0.5) is 4.79 Å². The van der Waals surface area contributed by atoms with Gasteiger partial charge in [0.05, 0.1) is 12.6 Å². The highest BCUT2D eigenvalue weighted by molar-refractivity contribution is 6.30. The molecule has 2 rings (SSSR count). The molecule has 1 aliphatic carbocycles. The van der Waals surface area contributed by atoms with Gasteiger partial charge in [-0.2, -0.15) is 0 Å². The summed E-state index contributed by atoms with van der Waals surface area (Å²) in [6, 6.07) is 7.59. The molecule has 0 bridgehead atoms. The molecule has 2 N–H and O–H groups in total. The number of likely N-dealkylation sites (N-methyl/N-ethyl adjacent to an activating group) is 1. The minimum Gasteiger partial charge on any atom is -0.480 e. The van der Waals surface area contributed by atoms with Gasteiger partial charge in [0.25, 0.3) is 0 Å². The number of carbonyl (C=O) groups excluding carboxylic acids is 1. The van der Waals surface area contributed by atoms with Crippen LogP contribution in [0, 0.1) is 0 Å². The average Bonchev–Trinajstić information content (AvgIpc) is 2.54. The number of rotatable bonds is 7. The molecule has 0 radical (unpaired) electrons. The fourth-order valence-corrected chi connectivity index (χ4v) is 3.32. The molecule has 0 aliphatic heterocycles. The summed E-state index contributed by atoms with van der Waals surface area (Å²) >= 11 is 6.02. The Morgan fingerprint density at radius 3 is 2.64 bits per heavy atom. The first-order valence-electron chi connectivity index (χ1n) is 8.56. The van der Waals surface area contributed by atoms with Crippen molar-refractivity contribution in [1.82, 2.24) is 15.1 Å². The minimum atomic E-state index is -0.815. The van der Waals surface area contributed by atoms with Crippen LogP contribution in [0.15, 0.2) is 24.3 Å². The largest absolute Gasteiger partial charge is 0.480 e. The van der Waals surface area contributed by atoms with E-state index in [0.29, 0.717) is 11.6 Å². The molecule has 6 nitrogen and oxygen atoms in total. The summed E-state index contributed by atoms with van der Waals surface area (Å²) in [7, 11) is 1.76. The third-order valence-electron chi connectivity index (χ3n) is 4.93. The lowest BCUT2D eigenvalue weighted by Crippen LogP contribution is -2.56. The predicted octanol–water partition coefficient (Wildman–Crippen LogP) is 2.98. The zero-order chi connectivity index (χ0) is 18.6. The van der Waals surface area contributed by atoms with E-state index >= 15 is 0 Å². The lowest BCUT2D eigenvalue weighted by Gasteiger charge is -2.43. The Morgan fingerprint density at radius 1 is 1.40 bits per heavy atom. The molecule has 1 aromatic carbocycles. The van der Waals surface area contributed by atoms with Crippen LogP contribution in [-0.4, -0.2) is 59.1 Å². The molecule has 1 saturated carbocycles. The molecule has 138 valence electrons. The number of amides is 2. The van der Waals surface area contributed by atoms with E-state index in [2.05, 4.69) is 5.32 Å². The van der Waals surface area contributed by atoms with Crippen molar-refractivity contribution in [3.63, 3.8) is 0 Å². The lowest BCUT2D eigenvalue weighted by atomic mass is 9.85. The highest BCUT2D eigenvalue weighted by Crippen LogP contribution is 2.27. The van der Waals surface area contributed by atoms with Gasteiger partial charge in [-0.05, 0) is 44.0 Å². The SMILES string of the molecule is CCN(CC(=O)O)C1CC(NC(=O)N(C)C(C)c2cccc(Cl)c2)C1. The van der Waals surface area contributed by atoms with E-state index in [0.717, 1.165) is 18.4 Å². The molecule has 0 saturated heterocycles. The summed E-state index contributed by atoms with van der Waals surface area (Å²) in [6.45, 7) is 4.66. The van der Waals surface area contributed by atoms with Gasteiger partial charge >= 0.3 is 12.0 Å². The number of benzene rings is 1. The molecule has 1 atom stereocenters. The number of hydrogen-bond acceptors (Lipinski definition) is 3. The Kier molecular flexibility index (Phi) is 6.67. The highest BCUT2D eigenvalue weighted by Gasteiger charge is 2.35. The van der Waals surface area contributed by atoms with Crippen LogP contribution in [0.25, 0.3) is 0 Å². The second kappa shape index (κ2) is 8.54. The number of urea groups is 1. The maximum atomic E-state index is 12.4. The highest BCUT2D eigenvalue weighted by atomic mass is 35.5. The van der Waals surface area contributed by atoms with Crippen molar-refractivity contribution < 1.29 is 14.7 Å². The van der Waals surface area contributed by atoms with Gasteiger partial charge < -0.3 is 15.3 Å². The topological polar surface area (TPSA) is 72.9 Å². The molecule has 25 heavy (non-hydrogen) atoms. The van der Waals surface area contributed by atoms with Crippen LogP contribution in [0.1, 0.15) is 38.3 Å². The standard InChI is InChI=1S/C18H26ClN3O3/c1-4-22(11-17(23)24)16-9-15(10-16)20-18(25)21(3)12(2)13-6-5-7-14(19)8-13/h5-8,12,15-16H,4,9-11H2,1-3H3,(H,20,25)(H,23,24). The van der Waals surface area contributed by atoms with Gasteiger partial charge in [-0.3, -0.25) is 9.69 Å². The molecule has 7 heteroatoms. The number of carbonyl (C=O) groups is 2. The Morgan fingerprint density at radius 2 is 2.08 bits per heavy atom. The van der Waals surface area contributed by atoms with E-state index in [9.17, 15) is 9.59 Å². The van der Waals surface area contributed by atoms with Crippen LogP contribution in [0.3, 0.4) is 0 Å². The maximum Gasteiger partial charge on any atom is 0.317 e. The molecular weight excluding hydrogens is 342 g/mol. The van der Waals surface area contributed by atoms with Gasteiger partial charge in [0.1, 0.15) is 0 Å². The maximum absolute atomic E-state index is 12.4. The number of carboxylic acids is 1. The zero-order valence-electron chi connectivity index (χ0n) is 14.9. The zero-order valence-corrected chi connectivity index (χ0v) is 15.7. The Balaban J connectivity index is 1.83. The normalized spacial score (nSPS) is 20.7. The quantitative estimate of drug-likeness (QED) is 0.777. The smallest absolute Gasteiger partial charge is 0.317 e. The minimum absolute atomic E-state index is 0.0491. The number of hydrogen-bond donors (Lipinski definition) is 2. The van der Waals surface area contributed by atoms with Crippen molar-refractivity contribution >= 4 is 23.6 Å². The first-order chi connectivity index (χ1) is 11.8. The van der Waals surface area contributed by atoms with Gasteiger partial charge in [0, 0.05) is 24.2 Å². The lowest BCUT2D eigenvalue weighted by molar-refractivity contribution is -0.139. The molecule has 0 heterocycles. The molecule has 1 fully saturated rings. The van der Waals surface area contributed by atoms with Crippen molar-refractivity contribution in [1.29, 1.82) is 0 Å². The van der Waals surface area contributed by atoms with Gasteiger partial charge in [-0.15, -0.1) is 0 Å². The van der Waals surface area contributed by atoms with Crippen LogP contribution >= 0.6 is 11.6 Å². The van der Waals surface area contributed by atoms with Crippen LogP contribution in [-0.2, 0) is 4.79 Å². The second-order valence-corrected chi connectivity index (χ2v) is 7.01. The van der Waals surface area contributed by atoms with Crippen molar-refractivity contribution in [3.05, 3.63) is 34.9 Å². The molecule has 0 spiro atoms. The third kappa shape index (κ3) is 5.09. The molecule has 1 unspecified atom stereocenters. The average molecular weight is 368 g/mol. The molecule has 0 aromatic heterocycles. The Bertz CT molecular complexity index is 619. The fraction of sp³-hybridized carbons (Fsp3) is 0.556. The monoisotopic (exact) mass is 367 g/mol. The summed E-state index contributed by atoms with van der Waals surface area (Å²) in [5, 5.41) is 12.6. The molecule has 2 amide bonds. The summed E-state index contributed by atoms with van der Waals surface area (Å²) in [5.41, 5.74) is 0.982. The van der Waals surface area contributed by atoms with E-state index in [1.54, 1.807) is 11.9 Å². The van der Waals surface area contributed by atoms with E-state index in [1.165, 1.54) is 0 Å². The molecule has 1 aromatic rings. The summed E-state index contributed by atoms with van der Waals surface area (Å²) in [4.78, 5) is 26.9. The summed E-state index contributed by atoms with van der Waals surface area (Å²) in [5.74, 6) is -0.815. The fourth-order valence-electron chi connectivity index (χ4n) is 3.12. The number of nitrogens with zero attached hydrogens (tertiary/aromatic N) is 2. The first kappa shape index (κ1) is 19.5. The third-order valence-corrected chi connectivity index (χ3v) is 5.17. The van der Waals surface area contributed by atoms with Crippen LogP contribution in [0.2, 0.25) is 5.02 Å².